The van der Waals surface area contributed by atoms with Crippen molar-refractivity contribution in [2.45, 2.75) is 19.6 Å². The molecule has 1 aliphatic heterocycles. The van der Waals surface area contributed by atoms with Crippen molar-refractivity contribution in [1.29, 1.82) is 0 Å². The van der Waals surface area contributed by atoms with E-state index in [0.717, 1.165) is 10.9 Å². The molecule has 8 heteroatoms. The summed E-state index contributed by atoms with van der Waals surface area (Å²) >= 11 is 0. The third-order valence-corrected chi connectivity index (χ3v) is 4.91. The molecule has 0 radical (unpaired) electrons. The number of hydrogen-bond donors (Lipinski definition) is 2. The topological polar surface area (TPSA) is 101 Å². The number of morpholine rings is 1. The average molecular weight is 382 g/mol. The number of nitrogens with zero attached hydrogens (tertiary/aromatic N) is 4. The molecule has 3 heterocycles. The summed E-state index contributed by atoms with van der Waals surface area (Å²) in [6.07, 6.45) is 0. The molecule has 0 saturated carbocycles. The summed E-state index contributed by atoms with van der Waals surface area (Å²) in [5.74, 6) is 1.28. The molecule has 3 aromatic rings. The Balaban J connectivity index is 1.80. The van der Waals surface area contributed by atoms with E-state index in [0.29, 0.717) is 48.2 Å². The van der Waals surface area contributed by atoms with Crippen molar-refractivity contribution in [3.05, 3.63) is 35.9 Å². The number of aromatic hydroxyl groups is 1. The number of aliphatic hydroxyl groups is 1. The summed E-state index contributed by atoms with van der Waals surface area (Å²) in [7, 11) is 1.57. The number of aliphatic hydroxyl groups excluding tert-OH is 1. The molecule has 0 bridgehead atoms. The van der Waals surface area contributed by atoms with Crippen LogP contribution in [0.25, 0.3) is 22.3 Å². The van der Waals surface area contributed by atoms with Crippen molar-refractivity contribution >= 4 is 16.9 Å². The molecule has 0 amide bonds. The first-order valence-electron chi connectivity index (χ1n) is 9.11. The molecule has 1 atom stereocenters. The second kappa shape index (κ2) is 7.57. The van der Waals surface area contributed by atoms with Crippen molar-refractivity contribution in [1.82, 2.24) is 15.0 Å². The maximum absolute atomic E-state index is 10.1. The molecule has 1 unspecified atom stereocenters. The van der Waals surface area contributed by atoms with Gasteiger partial charge in [-0.25, -0.2) is 4.98 Å². The molecule has 2 aromatic heterocycles. The molecule has 4 rings (SSSR count). The smallest absolute Gasteiger partial charge is 0.317 e. The lowest BCUT2D eigenvalue weighted by Crippen LogP contribution is -2.44. The van der Waals surface area contributed by atoms with Crippen LogP contribution in [-0.4, -0.2) is 58.1 Å². The Hall–Kier alpha value is -2.97. The van der Waals surface area contributed by atoms with Crippen LogP contribution in [0.3, 0.4) is 0 Å². The number of fused-ring (bicyclic) bond motifs is 1. The van der Waals surface area contributed by atoms with Gasteiger partial charge in [-0.2, -0.15) is 9.97 Å². The number of aromatic nitrogens is 3. The summed E-state index contributed by atoms with van der Waals surface area (Å²) in [5, 5.41) is 20.4. The summed E-state index contributed by atoms with van der Waals surface area (Å²) in [4.78, 5) is 15.1. The van der Waals surface area contributed by atoms with Gasteiger partial charge < -0.3 is 24.6 Å². The standard InChI is InChI=1S/C20H22N4O4/c1-12-11-28-8-7-24(12)19-15-4-5-16(21-18(15)22-20(26)23-19)13-3-6-17(27-2)14(9-13)10-25/h3-6,9,12,25H,7-8,10-11H2,1-2H3,(H,21,22,23,26). The van der Waals surface area contributed by atoms with Gasteiger partial charge >= 0.3 is 6.01 Å². The number of hydrogen-bond acceptors (Lipinski definition) is 8. The minimum absolute atomic E-state index is 0.132. The fourth-order valence-electron chi connectivity index (χ4n) is 3.47. The number of rotatable bonds is 4. The van der Waals surface area contributed by atoms with Crippen LogP contribution < -0.4 is 9.64 Å². The van der Waals surface area contributed by atoms with Gasteiger partial charge in [0.2, 0.25) is 0 Å². The summed E-state index contributed by atoms with van der Waals surface area (Å²) < 4.78 is 10.8. The Morgan fingerprint density at radius 2 is 2.07 bits per heavy atom. The van der Waals surface area contributed by atoms with E-state index in [9.17, 15) is 10.2 Å². The normalized spacial score (nSPS) is 17.1. The SMILES string of the molecule is COc1ccc(-c2ccc3c(N4CCOCC4C)nc(O)nc3n2)cc1CO. The second-order valence-electron chi connectivity index (χ2n) is 6.72. The Kier molecular flexibility index (Phi) is 4.97. The van der Waals surface area contributed by atoms with Gasteiger partial charge in [0.1, 0.15) is 11.6 Å². The fourth-order valence-corrected chi connectivity index (χ4v) is 3.47. The van der Waals surface area contributed by atoms with Crippen LogP contribution in [0.1, 0.15) is 12.5 Å². The maximum atomic E-state index is 10.1. The van der Waals surface area contributed by atoms with Gasteiger partial charge in [-0.1, -0.05) is 0 Å². The van der Waals surface area contributed by atoms with Gasteiger partial charge in [0.25, 0.3) is 0 Å². The third-order valence-electron chi connectivity index (χ3n) is 4.91. The van der Waals surface area contributed by atoms with Crippen LogP contribution in [0.5, 0.6) is 11.8 Å². The summed E-state index contributed by atoms with van der Waals surface area (Å²) in [6.45, 7) is 3.82. The van der Waals surface area contributed by atoms with E-state index in [-0.39, 0.29) is 18.7 Å². The summed E-state index contributed by atoms with van der Waals surface area (Å²) in [6, 6.07) is 9.14. The first kappa shape index (κ1) is 18.4. The fraction of sp³-hybridized carbons (Fsp3) is 0.350. The van der Waals surface area contributed by atoms with Crippen LogP contribution in [0.15, 0.2) is 30.3 Å². The highest BCUT2D eigenvalue weighted by Crippen LogP contribution is 2.31. The second-order valence-corrected chi connectivity index (χ2v) is 6.72. The van der Waals surface area contributed by atoms with Crippen LogP contribution in [0.4, 0.5) is 5.82 Å². The Bertz CT molecular complexity index is 1010. The van der Waals surface area contributed by atoms with Crippen LogP contribution in [-0.2, 0) is 11.3 Å². The predicted molar refractivity (Wildman–Crippen MR) is 105 cm³/mol. The molecule has 146 valence electrons. The first-order chi connectivity index (χ1) is 13.6. The lowest BCUT2D eigenvalue weighted by atomic mass is 10.1. The van der Waals surface area contributed by atoms with Gasteiger partial charge in [0.15, 0.2) is 5.65 Å². The number of pyridine rings is 1. The number of ether oxygens (including phenoxy) is 2. The van der Waals surface area contributed by atoms with Crippen LogP contribution in [0, 0.1) is 0 Å². The molecule has 0 spiro atoms. The van der Waals surface area contributed by atoms with E-state index in [2.05, 4.69) is 26.8 Å². The Morgan fingerprint density at radius 3 is 2.82 bits per heavy atom. The lowest BCUT2D eigenvalue weighted by molar-refractivity contribution is 0.0986. The van der Waals surface area contributed by atoms with Crippen molar-refractivity contribution in [2.24, 2.45) is 0 Å². The van der Waals surface area contributed by atoms with Crippen LogP contribution in [0.2, 0.25) is 0 Å². The molecule has 28 heavy (non-hydrogen) atoms. The number of methoxy groups -OCH3 is 1. The van der Waals surface area contributed by atoms with Gasteiger partial charge in [0.05, 0.1) is 44.1 Å². The lowest BCUT2D eigenvalue weighted by Gasteiger charge is -2.34. The molecular formula is C20H22N4O4. The van der Waals surface area contributed by atoms with Crippen LogP contribution >= 0.6 is 0 Å². The van der Waals surface area contributed by atoms with E-state index < -0.39 is 0 Å². The zero-order chi connectivity index (χ0) is 19.7. The molecule has 1 aromatic carbocycles. The molecular weight excluding hydrogens is 360 g/mol. The average Bonchev–Trinajstić information content (AvgIpc) is 2.72. The highest BCUT2D eigenvalue weighted by molar-refractivity contribution is 5.89. The quantitative estimate of drug-likeness (QED) is 0.708. The molecule has 1 saturated heterocycles. The van der Waals surface area contributed by atoms with Crippen molar-refractivity contribution in [2.75, 3.05) is 31.8 Å². The van der Waals surface area contributed by atoms with Crippen molar-refractivity contribution < 1.29 is 19.7 Å². The minimum Gasteiger partial charge on any atom is -0.496 e. The molecule has 2 N–H and O–H groups in total. The highest BCUT2D eigenvalue weighted by atomic mass is 16.5. The number of benzene rings is 1. The van der Waals surface area contributed by atoms with E-state index in [1.165, 1.54) is 0 Å². The molecule has 1 aliphatic rings. The van der Waals surface area contributed by atoms with E-state index >= 15 is 0 Å². The zero-order valence-corrected chi connectivity index (χ0v) is 15.8. The first-order valence-corrected chi connectivity index (χ1v) is 9.11. The summed E-state index contributed by atoms with van der Waals surface area (Å²) in [5.41, 5.74) is 2.60. The van der Waals surface area contributed by atoms with Gasteiger partial charge in [0, 0.05) is 17.7 Å². The monoisotopic (exact) mass is 382 g/mol. The van der Waals surface area contributed by atoms with E-state index in [1.54, 1.807) is 13.2 Å². The number of anilines is 1. The van der Waals surface area contributed by atoms with Gasteiger partial charge in [-0.15, -0.1) is 0 Å². The zero-order valence-electron chi connectivity index (χ0n) is 15.8. The maximum Gasteiger partial charge on any atom is 0.317 e. The predicted octanol–water partition coefficient (Wildman–Crippen LogP) is 2.12. The van der Waals surface area contributed by atoms with Gasteiger partial charge in [-0.3, -0.25) is 0 Å². The Morgan fingerprint density at radius 1 is 1.21 bits per heavy atom. The van der Waals surface area contributed by atoms with E-state index in [1.807, 2.05) is 24.3 Å². The van der Waals surface area contributed by atoms with E-state index in [4.69, 9.17) is 9.47 Å². The molecule has 0 aliphatic carbocycles. The Labute approximate surface area is 162 Å². The molecule has 8 nitrogen and oxygen atoms in total. The largest absolute Gasteiger partial charge is 0.496 e. The highest BCUT2D eigenvalue weighted by Gasteiger charge is 2.23. The minimum atomic E-state index is -0.309. The van der Waals surface area contributed by atoms with Gasteiger partial charge in [-0.05, 0) is 37.3 Å². The molecule has 1 fully saturated rings. The van der Waals surface area contributed by atoms with Crippen molar-refractivity contribution in [3.8, 4) is 23.0 Å². The third kappa shape index (κ3) is 3.32. The van der Waals surface area contributed by atoms with Crippen molar-refractivity contribution in [3.63, 3.8) is 0 Å².